The zero-order chi connectivity index (χ0) is 18.6. The smallest absolute Gasteiger partial charge is 0.316 e. The first-order valence-electron chi connectivity index (χ1n) is 8.38. The van der Waals surface area contributed by atoms with E-state index in [2.05, 4.69) is 0 Å². The van der Waals surface area contributed by atoms with Crippen LogP contribution in [0.15, 0.2) is 0 Å². The standard InChI is InChI=1S/C16H24O9/c1-6-8(17)9(18)16(22)13(2)10(19)11(23-3)24-5-15(13,21)7-4-14(6,16)12(20)25-7/h6-11,17-19,21-22H,4-5H2,1-3H3/t6-,7-,8+,9-,10+,11-,13-,14+,15+,16+/m1/s1. The molecule has 10 atom stereocenters. The lowest BCUT2D eigenvalue weighted by Gasteiger charge is -2.64. The van der Waals surface area contributed by atoms with Crippen molar-refractivity contribution < 1.29 is 44.5 Å². The number of aliphatic hydroxyl groups is 5. The highest BCUT2D eigenvalue weighted by Gasteiger charge is 2.89. The molecule has 2 bridgehead atoms. The molecule has 5 N–H and O–H groups in total. The zero-order valence-corrected chi connectivity index (χ0v) is 14.2. The molecule has 4 rings (SSSR count). The van der Waals surface area contributed by atoms with Gasteiger partial charge in [0.2, 0.25) is 0 Å². The minimum absolute atomic E-state index is 0.0859. The molecule has 9 heteroatoms. The maximum Gasteiger partial charge on any atom is 0.316 e. The summed E-state index contributed by atoms with van der Waals surface area (Å²) in [4.78, 5) is 12.8. The summed E-state index contributed by atoms with van der Waals surface area (Å²) in [6.07, 6.45) is -7.08. The van der Waals surface area contributed by atoms with E-state index in [9.17, 15) is 30.3 Å². The molecule has 2 aliphatic carbocycles. The van der Waals surface area contributed by atoms with Gasteiger partial charge in [-0.3, -0.25) is 4.79 Å². The van der Waals surface area contributed by atoms with Gasteiger partial charge in [-0.25, -0.2) is 0 Å². The number of esters is 1. The molecule has 0 aromatic heterocycles. The summed E-state index contributed by atoms with van der Waals surface area (Å²) in [6, 6.07) is 0. The van der Waals surface area contributed by atoms with Crippen molar-refractivity contribution in [2.24, 2.45) is 16.7 Å². The lowest BCUT2D eigenvalue weighted by atomic mass is 9.44. The molecule has 1 spiro atoms. The summed E-state index contributed by atoms with van der Waals surface area (Å²) < 4.78 is 15.8. The predicted molar refractivity (Wildman–Crippen MR) is 78.9 cm³/mol. The second-order valence-corrected chi connectivity index (χ2v) is 8.05. The molecule has 2 heterocycles. The molecule has 0 unspecified atom stereocenters. The molecule has 0 aromatic carbocycles. The van der Waals surface area contributed by atoms with Gasteiger partial charge in [-0.1, -0.05) is 13.8 Å². The lowest BCUT2D eigenvalue weighted by Crippen LogP contribution is -2.82. The van der Waals surface area contributed by atoms with E-state index in [1.165, 1.54) is 14.0 Å². The molecular formula is C16H24O9. The summed E-state index contributed by atoms with van der Waals surface area (Å²) >= 11 is 0. The fourth-order valence-corrected chi connectivity index (χ4v) is 5.95. The second-order valence-electron chi connectivity index (χ2n) is 8.05. The molecule has 9 nitrogen and oxygen atoms in total. The van der Waals surface area contributed by atoms with E-state index >= 15 is 0 Å². The number of aliphatic hydroxyl groups excluding tert-OH is 3. The molecule has 4 fully saturated rings. The Morgan fingerprint density at radius 1 is 1.20 bits per heavy atom. The summed E-state index contributed by atoms with van der Waals surface area (Å²) in [7, 11) is 1.29. The Kier molecular flexibility index (Phi) is 3.32. The van der Waals surface area contributed by atoms with Crippen molar-refractivity contribution >= 4 is 5.97 Å². The third-order valence-corrected chi connectivity index (χ3v) is 7.62. The Hall–Kier alpha value is -0.810. The van der Waals surface area contributed by atoms with Crippen LogP contribution < -0.4 is 0 Å². The van der Waals surface area contributed by atoms with Gasteiger partial charge in [-0.15, -0.1) is 0 Å². The van der Waals surface area contributed by atoms with Gasteiger partial charge in [-0.2, -0.15) is 0 Å². The van der Waals surface area contributed by atoms with Crippen LogP contribution in [0.25, 0.3) is 0 Å². The molecule has 0 amide bonds. The quantitative estimate of drug-likeness (QED) is 0.320. The van der Waals surface area contributed by atoms with Crippen molar-refractivity contribution in [1.29, 1.82) is 0 Å². The van der Waals surface area contributed by atoms with E-state index < -0.39 is 64.6 Å². The van der Waals surface area contributed by atoms with E-state index in [1.807, 2.05) is 0 Å². The van der Waals surface area contributed by atoms with Gasteiger partial charge in [0.15, 0.2) is 6.29 Å². The number of hydrogen-bond donors (Lipinski definition) is 5. The van der Waals surface area contributed by atoms with E-state index in [0.29, 0.717) is 0 Å². The van der Waals surface area contributed by atoms with E-state index in [0.717, 1.165) is 0 Å². The fraction of sp³-hybridized carbons (Fsp3) is 0.938. The van der Waals surface area contributed by atoms with Crippen molar-refractivity contribution in [3.8, 4) is 0 Å². The van der Waals surface area contributed by atoms with Gasteiger partial charge in [0.25, 0.3) is 0 Å². The van der Waals surface area contributed by atoms with Crippen LogP contribution in [0.1, 0.15) is 20.3 Å². The van der Waals surface area contributed by atoms with Gasteiger partial charge in [0.05, 0.1) is 18.1 Å². The molecule has 2 aliphatic heterocycles. The van der Waals surface area contributed by atoms with E-state index in [-0.39, 0.29) is 13.0 Å². The summed E-state index contributed by atoms with van der Waals surface area (Å²) in [5.74, 6) is -1.63. The Bertz CT molecular complexity index is 627. The summed E-state index contributed by atoms with van der Waals surface area (Å²) in [5, 5.41) is 55.2. The Morgan fingerprint density at radius 3 is 2.44 bits per heavy atom. The van der Waals surface area contributed by atoms with Crippen molar-refractivity contribution in [3.63, 3.8) is 0 Å². The molecule has 25 heavy (non-hydrogen) atoms. The van der Waals surface area contributed by atoms with Gasteiger partial charge in [0, 0.05) is 19.4 Å². The fourth-order valence-electron chi connectivity index (χ4n) is 5.95. The molecule has 2 saturated heterocycles. The Morgan fingerprint density at radius 2 is 1.84 bits per heavy atom. The highest BCUT2D eigenvalue weighted by Crippen LogP contribution is 2.72. The van der Waals surface area contributed by atoms with E-state index in [1.54, 1.807) is 6.92 Å². The third kappa shape index (κ3) is 1.43. The molecule has 4 aliphatic rings. The minimum atomic E-state index is -2.34. The van der Waals surface area contributed by atoms with Crippen LogP contribution in [0.3, 0.4) is 0 Å². The molecule has 0 radical (unpaired) electrons. The van der Waals surface area contributed by atoms with Crippen LogP contribution in [0.2, 0.25) is 0 Å². The normalized spacial score (nSPS) is 63.1. The Labute approximate surface area is 144 Å². The first-order chi connectivity index (χ1) is 11.5. The molecular weight excluding hydrogens is 336 g/mol. The van der Waals surface area contributed by atoms with Crippen molar-refractivity contribution in [2.45, 2.75) is 62.2 Å². The number of methoxy groups -OCH3 is 1. The zero-order valence-electron chi connectivity index (χ0n) is 14.2. The van der Waals surface area contributed by atoms with Crippen LogP contribution in [-0.2, 0) is 19.0 Å². The Balaban J connectivity index is 2.01. The highest BCUT2D eigenvalue weighted by molar-refractivity contribution is 5.84. The van der Waals surface area contributed by atoms with E-state index in [4.69, 9.17) is 14.2 Å². The van der Waals surface area contributed by atoms with Crippen LogP contribution >= 0.6 is 0 Å². The van der Waals surface area contributed by atoms with Crippen molar-refractivity contribution in [3.05, 3.63) is 0 Å². The number of fused-ring (bicyclic) bond motifs is 4. The van der Waals surface area contributed by atoms with Gasteiger partial charge >= 0.3 is 5.97 Å². The first-order valence-corrected chi connectivity index (χ1v) is 8.38. The molecule has 0 aromatic rings. The number of carbonyl (C=O) groups excluding carboxylic acids is 1. The maximum absolute atomic E-state index is 12.8. The van der Waals surface area contributed by atoms with Crippen LogP contribution in [0.5, 0.6) is 0 Å². The van der Waals surface area contributed by atoms with Gasteiger partial charge in [-0.05, 0) is 0 Å². The van der Waals surface area contributed by atoms with Gasteiger partial charge in [0.1, 0.15) is 34.9 Å². The van der Waals surface area contributed by atoms with Gasteiger partial charge < -0.3 is 39.7 Å². The third-order valence-electron chi connectivity index (χ3n) is 7.62. The second kappa shape index (κ2) is 4.72. The van der Waals surface area contributed by atoms with Crippen LogP contribution in [0, 0.1) is 16.7 Å². The van der Waals surface area contributed by atoms with Crippen molar-refractivity contribution in [2.75, 3.05) is 13.7 Å². The SMILES string of the molecule is CO[C@@H]1OC[C@]2(O)[C@H]3C[C@@]4(C(=O)O3)[C@H](C)[C@H](O)[C@@H](O)[C@]4(O)[C@]2(C)[C@H]1O. The number of carbonyl (C=O) groups is 1. The average molecular weight is 360 g/mol. The number of hydrogen-bond acceptors (Lipinski definition) is 9. The first kappa shape index (κ1) is 17.6. The minimum Gasteiger partial charge on any atom is -0.459 e. The van der Waals surface area contributed by atoms with Crippen LogP contribution in [-0.4, -0.2) is 87.1 Å². The molecule has 142 valence electrons. The predicted octanol–water partition coefficient (Wildman–Crippen LogP) is -2.49. The van der Waals surface area contributed by atoms with Crippen molar-refractivity contribution in [1.82, 2.24) is 0 Å². The average Bonchev–Trinajstić information content (AvgIpc) is 2.99. The largest absolute Gasteiger partial charge is 0.459 e. The monoisotopic (exact) mass is 360 g/mol. The maximum atomic E-state index is 12.8. The number of ether oxygens (including phenoxy) is 3. The number of rotatable bonds is 1. The van der Waals surface area contributed by atoms with Crippen LogP contribution in [0.4, 0.5) is 0 Å². The summed E-state index contributed by atoms with van der Waals surface area (Å²) in [6.45, 7) is 2.55. The molecule has 2 saturated carbocycles. The lowest BCUT2D eigenvalue weighted by molar-refractivity contribution is -0.385. The highest BCUT2D eigenvalue weighted by atomic mass is 16.7. The topological polar surface area (TPSA) is 146 Å². The summed E-state index contributed by atoms with van der Waals surface area (Å²) in [5.41, 5.74) is -7.79.